The van der Waals surface area contributed by atoms with Gasteiger partial charge in [0.1, 0.15) is 4.99 Å². The topological polar surface area (TPSA) is 26.0 Å². The summed E-state index contributed by atoms with van der Waals surface area (Å²) < 4.78 is 0. The quantitative estimate of drug-likeness (QED) is 0.669. The van der Waals surface area contributed by atoms with Gasteiger partial charge < -0.3 is 5.73 Å². The van der Waals surface area contributed by atoms with Crippen LogP contribution < -0.4 is 5.73 Å². The molecular formula is C10H13NS. The van der Waals surface area contributed by atoms with Crippen molar-refractivity contribution >= 4 is 17.2 Å². The van der Waals surface area contributed by atoms with Crippen LogP contribution in [0.15, 0.2) is 12.1 Å². The highest BCUT2D eigenvalue weighted by molar-refractivity contribution is 7.80. The SMILES string of the molecule is Cc1ccc(C(N)=S)c(C)c1C. The van der Waals surface area contributed by atoms with Gasteiger partial charge in [-0.15, -0.1) is 0 Å². The van der Waals surface area contributed by atoms with Crippen LogP contribution in [0.3, 0.4) is 0 Å². The molecule has 0 unspecified atom stereocenters. The number of thiocarbonyl (C=S) groups is 1. The highest BCUT2D eigenvalue weighted by atomic mass is 32.1. The molecule has 2 heteroatoms. The number of nitrogens with two attached hydrogens (primary N) is 1. The standard InChI is InChI=1S/C10H13NS/c1-6-4-5-9(10(11)12)8(3)7(6)2/h4-5H,1-3H3,(H2,11,12). The molecule has 1 aromatic carbocycles. The molecule has 2 N–H and O–H groups in total. The first kappa shape index (κ1) is 9.20. The maximum absolute atomic E-state index is 5.56. The van der Waals surface area contributed by atoms with E-state index in [1.54, 1.807) is 0 Å². The largest absolute Gasteiger partial charge is 0.389 e. The second kappa shape index (κ2) is 3.23. The van der Waals surface area contributed by atoms with Gasteiger partial charge in [-0.2, -0.15) is 0 Å². The van der Waals surface area contributed by atoms with Crippen LogP contribution in [0.4, 0.5) is 0 Å². The molecule has 0 aliphatic rings. The van der Waals surface area contributed by atoms with Gasteiger partial charge in [0.2, 0.25) is 0 Å². The Morgan fingerprint density at radius 2 is 1.75 bits per heavy atom. The van der Waals surface area contributed by atoms with Crippen LogP contribution in [0.1, 0.15) is 22.3 Å². The molecular weight excluding hydrogens is 166 g/mol. The number of hydrogen-bond donors (Lipinski definition) is 1. The normalized spacial score (nSPS) is 9.92. The van der Waals surface area contributed by atoms with E-state index in [1.165, 1.54) is 16.7 Å². The molecule has 0 heterocycles. The first-order valence-corrected chi connectivity index (χ1v) is 4.31. The monoisotopic (exact) mass is 179 g/mol. The van der Waals surface area contributed by atoms with E-state index in [2.05, 4.69) is 26.8 Å². The number of hydrogen-bond acceptors (Lipinski definition) is 1. The lowest BCUT2D eigenvalue weighted by Crippen LogP contribution is -2.12. The molecule has 0 aromatic heterocycles. The Morgan fingerprint density at radius 3 is 2.25 bits per heavy atom. The molecule has 0 bridgehead atoms. The molecule has 1 nitrogen and oxygen atoms in total. The van der Waals surface area contributed by atoms with Crippen molar-refractivity contribution in [3.05, 3.63) is 34.4 Å². The van der Waals surface area contributed by atoms with Gasteiger partial charge >= 0.3 is 0 Å². The summed E-state index contributed by atoms with van der Waals surface area (Å²) in [6, 6.07) is 4.04. The van der Waals surface area contributed by atoms with Gasteiger partial charge in [-0.25, -0.2) is 0 Å². The van der Waals surface area contributed by atoms with Crippen LogP contribution in [0.25, 0.3) is 0 Å². The lowest BCUT2D eigenvalue weighted by Gasteiger charge is -2.09. The van der Waals surface area contributed by atoms with Crippen molar-refractivity contribution < 1.29 is 0 Å². The maximum atomic E-state index is 5.56. The average Bonchev–Trinajstić information content (AvgIpc) is 2.00. The number of rotatable bonds is 1. The first-order chi connectivity index (χ1) is 5.54. The molecule has 0 saturated carbocycles. The molecule has 0 saturated heterocycles. The van der Waals surface area contributed by atoms with Gasteiger partial charge in [-0.05, 0) is 37.5 Å². The molecule has 64 valence electrons. The summed E-state index contributed by atoms with van der Waals surface area (Å²) in [5.41, 5.74) is 10.3. The molecule has 12 heavy (non-hydrogen) atoms. The van der Waals surface area contributed by atoms with Gasteiger partial charge in [0, 0.05) is 5.56 Å². The van der Waals surface area contributed by atoms with Crippen LogP contribution in [-0.2, 0) is 0 Å². The third kappa shape index (κ3) is 1.48. The summed E-state index contributed by atoms with van der Waals surface area (Å²) in [7, 11) is 0. The number of benzene rings is 1. The Bertz CT molecular complexity index is 329. The minimum atomic E-state index is 0.482. The highest BCUT2D eigenvalue weighted by Crippen LogP contribution is 2.16. The van der Waals surface area contributed by atoms with Crippen molar-refractivity contribution in [1.29, 1.82) is 0 Å². The van der Waals surface area contributed by atoms with Crippen molar-refractivity contribution in [1.82, 2.24) is 0 Å². The van der Waals surface area contributed by atoms with Crippen molar-refractivity contribution in [3.63, 3.8) is 0 Å². The Hall–Kier alpha value is -0.890. The lowest BCUT2D eigenvalue weighted by molar-refractivity contribution is 1.26. The van der Waals surface area contributed by atoms with Crippen LogP contribution >= 0.6 is 12.2 Å². The van der Waals surface area contributed by atoms with Crippen LogP contribution in [0, 0.1) is 20.8 Å². The summed E-state index contributed by atoms with van der Waals surface area (Å²) in [5, 5.41) is 0. The van der Waals surface area contributed by atoms with E-state index in [0.717, 1.165) is 5.56 Å². The van der Waals surface area contributed by atoms with E-state index >= 15 is 0 Å². The first-order valence-electron chi connectivity index (χ1n) is 3.90. The number of aryl methyl sites for hydroxylation is 1. The molecule has 0 aliphatic carbocycles. The summed E-state index contributed by atoms with van der Waals surface area (Å²) >= 11 is 4.93. The molecule has 1 aromatic rings. The third-order valence-corrected chi connectivity index (χ3v) is 2.54. The van der Waals surface area contributed by atoms with E-state index in [1.807, 2.05) is 6.07 Å². The fourth-order valence-electron chi connectivity index (χ4n) is 1.22. The van der Waals surface area contributed by atoms with E-state index in [0.29, 0.717) is 4.99 Å². The van der Waals surface area contributed by atoms with Crippen LogP contribution in [0.5, 0.6) is 0 Å². The Balaban J connectivity index is 3.36. The summed E-state index contributed by atoms with van der Waals surface area (Å²) in [4.78, 5) is 0.482. The molecule has 1 rings (SSSR count). The van der Waals surface area contributed by atoms with Gasteiger partial charge in [-0.1, -0.05) is 24.4 Å². The summed E-state index contributed by atoms with van der Waals surface area (Å²) in [5.74, 6) is 0. The van der Waals surface area contributed by atoms with Crippen molar-refractivity contribution in [2.24, 2.45) is 5.73 Å². The fourth-order valence-corrected chi connectivity index (χ4v) is 1.44. The summed E-state index contributed by atoms with van der Waals surface area (Å²) in [6.07, 6.45) is 0. The van der Waals surface area contributed by atoms with Crippen molar-refractivity contribution in [2.75, 3.05) is 0 Å². The Labute approximate surface area is 78.6 Å². The maximum Gasteiger partial charge on any atom is 0.104 e. The Morgan fingerprint density at radius 1 is 1.17 bits per heavy atom. The molecule has 0 fully saturated rings. The predicted octanol–water partition coefficient (Wildman–Crippen LogP) is 2.25. The van der Waals surface area contributed by atoms with E-state index in [-0.39, 0.29) is 0 Å². The molecule has 0 aliphatic heterocycles. The highest BCUT2D eigenvalue weighted by Gasteiger charge is 2.04. The third-order valence-electron chi connectivity index (χ3n) is 2.32. The summed E-state index contributed by atoms with van der Waals surface area (Å²) in [6.45, 7) is 6.23. The van der Waals surface area contributed by atoms with Gasteiger partial charge in [0.05, 0.1) is 0 Å². The lowest BCUT2D eigenvalue weighted by atomic mass is 9.99. The second-order valence-corrected chi connectivity index (χ2v) is 3.48. The van der Waals surface area contributed by atoms with Crippen molar-refractivity contribution in [3.8, 4) is 0 Å². The smallest absolute Gasteiger partial charge is 0.104 e. The zero-order chi connectivity index (χ0) is 9.30. The van der Waals surface area contributed by atoms with Crippen LogP contribution in [-0.4, -0.2) is 4.99 Å². The second-order valence-electron chi connectivity index (χ2n) is 3.04. The van der Waals surface area contributed by atoms with Crippen molar-refractivity contribution in [2.45, 2.75) is 20.8 Å². The molecule has 0 spiro atoms. The van der Waals surface area contributed by atoms with E-state index in [4.69, 9.17) is 18.0 Å². The van der Waals surface area contributed by atoms with Gasteiger partial charge in [0.25, 0.3) is 0 Å². The minimum absolute atomic E-state index is 0.482. The molecule has 0 radical (unpaired) electrons. The van der Waals surface area contributed by atoms with E-state index < -0.39 is 0 Å². The van der Waals surface area contributed by atoms with Crippen LogP contribution in [0.2, 0.25) is 0 Å². The van der Waals surface area contributed by atoms with Gasteiger partial charge in [-0.3, -0.25) is 0 Å². The van der Waals surface area contributed by atoms with E-state index in [9.17, 15) is 0 Å². The molecule has 0 atom stereocenters. The minimum Gasteiger partial charge on any atom is -0.389 e. The fraction of sp³-hybridized carbons (Fsp3) is 0.300. The zero-order valence-electron chi connectivity index (χ0n) is 7.64. The predicted molar refractivity (Wildman–Crippen MR) is 56.5 cm³/mol. The average molecular weight is 179 g/mol. The molecule has 0 amide bonds. The van der Waals surface area contributed by atoms with Gasteiger partial charge in [0.15, 0.2) is 0 Å². The Kier molecular flexibility index (Phi) is 2.48. The zero-order valence-corrected chi connectivity index (χ0v) is 8.46.